The number of benzene rings is 17. The lowest BCUT2D eigenvalue weighted by Crippen LogP contribution is -2.12. The zero-order chi connectivity index (χ0) is 76.2. The molecule has 0 aliphatic heterocycles. The zero-order valence-electron chi connectivity index (χ0n) is 62.1. The fourth-order valence-electron chi connectivity index (χ4n) is 18.2. The highest BCUT2D eigenvalue weighted by atomic mass is 32.1. The van der Waals surface area contributed by atoms with E-state index in [4.69, 9.17) is 24.2 Å². The largest absolute Gasteiger partial charge is 0.455 e. The number of hydrogen-bond donors (Lipinski definition) is 0. The van der Waals surface area contributed by atoms with Crippen LogP contribution in [-0.2, 0) is 0 Å². The SMILES string of the molecule is [C-]#[N+]c1cc(-c2nc(-c3ccccc3)nc(-c3ccccc3)n2)c(-n2c3ccc(-c4ccccc4)cc3c3c4sc5ccc(-c6ccccc6)cc5c4ccc32)c(-n2c3ccc(-c4ccccc4)cc3c3c4oc5ccccc5c4ccc32)c1-n1c2ccc(-c3ccccc3)cc2c2c3sc4ccc(-c5ccccc5)cc4c3ccc21. The first-order chi connectivity index (χ1) is 57.5. The molecule has 0 aliphatic carbocycles. The van der Waals surface area contributed by atoms with E-state index < -0.39 is 0 Å². The van der Waals surface area contributed by atoms with Crippen molar-refractivity contribution in [3.05, 3.63) is 381 Å². The van der Waals surface area contributed by atoms with Gasteiger partial charge in [-0.1, -0.05) is 273 Å². The van der Waals surface area contributed by atoms with E-state index in [0.717, 1.165) is 186 Å². The van der Waals surface area contributed by atoms with Crippen LogP contribution >= 0.6 is 22.7 Å². The maximum absolute atomic E-state index is 10.3. The molecule has 24 aromatic rings. The highest BCUT2D eigenvalue weighted by molar-refractivity contribution is 7.27. The molecule has 10 heteroatoms. The molecule has 116 heavy (non-hydrogen) atoms. The van der Waals surface area contributed by atoms with Gasteiger partial charge in [-0.25, -0.2) is 19.8 Å². The maximum atomic E-state index is 10.3. The molecule has 0 N–H and O–H groups in total. The van der Waals surface area contributed by atoms with Crippen LogP contribution in [0.5, 0.6) is 0 Å². The number of nitrogens with zero attached hydrogens (tertiary/aromatic N) is 7. The summed E-state index contributed by atoms with van der Waals surface area (Å²) in [6, 6.07) is 133. The van der Waals surface area contributed by atoms with Gasteiger partial charge in [0.25, 0.3) is 0 Å². The molecule has 17 aromatic carbocycles. The number of hydrogen-bond acceptors (Lipinski definition) is 6. The van der Waals surface area contributed by atoms with Gasteiger partial charge < -0.3 is 18.1 Å². The highest BCUT2D eigenvalue weighted by Gasteiger charge is 2.34. The van der Waals surface area contributed by atoms with Crippen molar-refractivity contribution in [1.82, 2.24) is 28.7 Å². The molecule has 0 amide bonds. The number of aromatic nitrogens is 6. The average Bonchev–Trinajstić information content (AvgIpc) is 1.52. The Morgan fingerprint density at radius 2 is 0.586 bits per heavy atom. The van der Waals surface area contributed by atoms with Gasteiger partial charge in [0.2, 0.25) is 5.69 Å². The number of furan rings is 1. The third-order valence-corrected chi connectivity index (χ3v) is 25.9. The van der Waals surface area contributed by atoms with Crippen molar-refractivity contribution < 1.29 is 4.42 Å². The Hall–Kier alpha value is -15.1. The van der Waals surface area contributed by atoms with Crippen molar-refractivity contribution in [2.75, 3.05) is 0 Å². The Morgan fingerprint density at radius 1 is 0.250 bits per heavy atom. The van der Waals surface area contributed by atoms with Crippen molar-refractivity contribution >= 4 is 156 Å². The second-order valence-electron chi connectivity index (χ2n) is 29.9. The first-order valence-corrected chi connectivity index (χ1v) is 40.6. The molecular weight excluding hydrogens is 1450 g/mol. The molecule has 24 rings (SSSR count). The molecule has 538 valence electrons. The summed E-state index contributed by atoms with van der Waals surface area (Å²) in [7, 11) is 0. The van der Waals surface area contributed by atoms with Crippen LogP contribution in [0, 0.1) is 6.57 Å². The molecule has 7 aromatic heterocycles. The van der Waals surface area contributed by atoms with Crippen LogP contribution in [-0.4, -0.2) is 28.7 Å². The summed E-state index contributed by atoms with van der Waals surface area (Å²) in [5.74, 6) is 1.37. The summed E-state index contributed by atoms with van der Waals surface area (Å²) in [4.78, 5) is 21.9. The molecule has 8 nitrogen and oxygen atoms in total. The summed E-state index contributed by atoms with van der Waals surface area (Å²) in [5, 5.41) is 12.9. The monoisotopic (exact) mass is 1510 g/mol. The predicted octanol–water partition coefficient (Wildman–Crippen LogP) is 29.7. The van der Waals surface area contributed by atoms with Crippen molar-refractivity contribution in [1.29, 1.82) is 0 Å². The van der Waals surface area contributed by atoms with Crippen LogP contribution in [0.2, 0.25) is 0 Å². The number of thiophene rings is 2. The van der Waals surface area contributed by atoms with Gasteiger partial charge >= 0.3 is 0 Å². The van der Waals surface area contributed by atoms with E-state index in [1.54, 1.807) is 0 Å². The Morgan fingerprint density at radius 3 is 1.02 bits per heavy atom. The summed E-state index contributed by atoms with van der Waals surface area (Å²) in [6.45, 7) is 10.3. The fraction of sp³-hybridized carbons (Fsp3) is 0. The van der Waals surface area contributed by atoms with Crippen LogP contribution in [0.3, 0.4) is 0 Å². The van der Waals surface area contributed by atoms with Gasteiger partial charge in [-0.15, -0.1) is 22.7 Å². The topological polar surface area (TPSA) is 71.0 Å². The van der Waals surface area contributed by atoms with Gasteiger partial charge in [0, 0.05) is 94.7 Å². The molecule has 0 unspecified atom stereocenters. The molecule has 0 atom stereocenters. The quantitative estimate of drug-likeness (QED) is 0.121. The summed E-state index contributed by atoms with van der Waals surface area (Å²) < 4.78 is 19.4. The third-order valence-electron chi connectivity index (χ3n) is 23.5. The van der Waals surface area contributed by atoms with E-state index in [9.17, 15) is 6.57 Å². The molecule has 0 radical (unpaired) electrons. The molecule has 7 heterocycles. The Labute approximate surface area is 672 Å². The Balaban J connectivity index is 0.932. The first-order valence-electron chi connectivity index (χ1n) is 39.0. The highest BCUT2D eigenvalue weighted by Crippen LogP contribution is 2.55. The number of para-hydroxylation sites is 1. The Bertz CT molecular complexity index is 8180. The second kappa shape index (κ2) is 26.0. The second-order valence-corrected chi connectivity index (χ2v) is 32.0. The lowest BCUT2D eigenvalue weighted by molar-refractivity contribution is 0.673. The van der Waals surface area contributed by atoms with E-state index in [1.165, 1.54) is 20.2 Å². The molecular formula is C106H61N7OS2. The first kappa shape index (κ1) is 65.6. The van der Waals surface area contributed by atoms with Crippen LogP contribution < -0.4 is 0 Å². The van der Waals surface area contributed by atoms with Crippen molar-refractivity contribution in [2.45, 2.75) is 0 Å². The van der Waals surface area contributed by atoms with E-state index >= 15 is 0 Å². The summed E-state index contributed by atoms with van der Waals surface area (Å²) in [6.07, 6.45) is 0. The molecule has 0 bridgehead atoms. The zero-order valence-corrected chi connectivity index (χ0v) is 63.7. The number of rotatable bonds is 11. The van der Waals surface area contributed by atoms with Crippen molar-refractivity contribution in [3.63, 3.8) is 0 Å². The van der Waals surface area contributed by atoms with E-state index in [2.05, 4.69) is 341 Å². The van der Waals surface area contributed by atoms with E-state index in [1.807, 2.05) is 65.1 Å². The fourth-order valence-corrected chi connectivity index (χ4v) is 20.7. The minimum absolute atomic E-state index is 0.380. The molecule has 0 fully saturated rings. The van der Waals surface area contributed by atoms with E-state index in [0.29, 0.717) is 34.4 Å². The van der Waals surface area contributed by atoms with Gasteiger partial charge in [0.15, 0.2) is 17.5 Å². The minimum atomic E-state index is 0.380. The van der Waals surface area contributed by atoms with Gasteiger partial charge in [0.05, 0.1) is 62.1 Å². The van der Waals surface area contributed by atoms with Crippen molar-refractivity contribution in [2.24, 2.45) is 0 Å². The maximum Gasteiger partial charge on any atom is 0.213 e. The minimum Gasteiger partial charge on any atom is -0.455 e. The van der Waals surface area contributed by atoms with Crippen LogP contribution in [0.1, 0.15) is 0 Å². The van der Waals surface area contributed by atoms with Crippen LogP contribution in [0.25, 0.3) is 239 Å². The lowest BCUT2D eigenvalue weighted by atomic mass is 10.0. The standard InChI is InChI=1S/C106H61N7OS2/c1-107-85-62-84(106-109-104(68-35-19-7-20-36-68)108-105(110-106)69-37-21-8-22-38-69)98(111-87-50-42-71(64-27-11-3-12-28-64)60-82(87)96-90(111)53-47-77-79-57-73(66-31-15-5-16-32-66)44-55-93(79)115-102(77)96)100(113-86-49-41-70(63-25-9-2-10-26-63)59-81(86)95-89(113)52-46-76-75-39-23-24-40-92(75)114-101(76)95)99(85)112-88-51-43-72(65-29-13-4-14-30-65)61-83(88)97-91(112)54-48-78-80-58-74(67-33-17-6-18-34-67)45-56-94(80)116-103(78)97/h2-62H. The normalized spacial score (nSPS) is 12.0. The number of fused-ring (bicyclic) bond motifs is 21. The van der Waals surface area contributed by atoms with Gasteiger partial charge in [0.1, 0.15) is 11.2 Å². The van der Waals surface area contributed by atoms with Gasteiger partial charge in [-0.3, -0.25) is 0 Å². The predicted molar refractivity (Wildman–Crippen MR) is 486 cm³/mol. The summed E-state index contributed by atoms with van der Waals surface area (Å²) in [5.41, 5.74) is 23.0. The smallest absolute Gasteiger partial charge is 0.213 e. The lowest BCUT2D eigenvalue weighted by Gasteiger charge is -2.26. The van der Waals surface area contributed by atoms with Gasteiger partial charge in [-0.05, 0) is 153 Å². The summed E-state index contributed by atoms with van der Waals surface area (Å²) >= 11 is 3.66. The van der Waals surface area contributed by atoms with E-state index in [-0.39, 0.29) is 0 Å². The van der Waals surface area contributed by atoms with Crippen molar-refractivity contribution in [3.8, 4) is 107 Å². The molecule has 0 aliphatic rings. The third kappa shape index (κ3) is 10.1. The molecule has 0 spiro atoms. The van der Waals surface area contributed by atoms with Gasteiger partial charge in [-0.2, -0.15) is 0 Å². The van der Waals surface area contributed by atoms with Crippen LogP contribution in [0.4, 0.5) is 5.69 Å². The Kier molecular flexibility index (Phi) is 14.7. The molecule has 0 saturated carbocycles. The average molecular weight is 1510 g/mol. The van der Waals surface area contributed by atoms with Crippen LogP contribution in [0.15, 0.2) is 374 Å². The molecule has 0 saturated heterocycles.